The standard InChI is InChI=1S/C16H23Cl2NO/c1-12(20)10-13-6-3-2-4-9-19(13)11-14-15(17)7-5-8-16(14)18/h5,7-8,12-13,20H,2-4,6,9-11H2,1H3. The van der Waals surface area contributed by atoms with E-state index in [1.807, 2.05) is 25.1 Å². The van der Waals surface area contributed by atoms with Gasteiger partial charge in [0.25, 0.3) is 0 Å². The van der Waals surface area contributed by atoms with Gasteiger partial charge in [0.15, 0.2) is 0 Å². The Kier molecular flexibility index (Phi) is 6.16. The lowest BCUT2D eigenvalue weighted by Crippen LogP contribution is -2.36. The first-order valence-corrected chi connectivity index (χ1v) is 8.18. The second-order valence-electron chi connectivity index (χ2n) is 5.76. The Balaban J connectivity index is 2.14. The number of aliphatic hydroxyl groups is 1. The van der Waals surface area contributed by atoms with Crippen molar-refractivity contribution in [2.75, 3.05) is 6.54 Å². The molecule has 0 aliphatic carbocycles. The first kappa shape index (κ1) is 16.1. The fourth-order valence-corrected chi connectivity index (χ4v) is 3.51. The van der Waals surface area contributed by atoms with Crippen LogP contribution in [-0.4, -0.2) is 28.7 Å². The maximum absolute atomic E-state index is 9.71. The van der Waals surface area contributed by atoms with Gasteiger partial charge < -0.3 is 5.11 Å². The van der Waals surface area contributed by atoms with Crippen molar-refractivity contribution in [1.29, 1.82) is 0 Å². The zero-order chi connectivity index (χ0) is 14.5. The molecule has 0 bridgehead atoms. The van der Waals surface area contributed by atoms with Crippen molar-refractivity contribution < 1.29 is 5.11 Å². The molecule has 1 N–H and O–H groups in total. The van der Waals surface area contributed by atoms with E-state index in [-0.39, 0.29) is 6.10 Å². The molecular formula is C16H23Cl2NO. The average Bonchev–Trinajstić information content (AvgIpc) is 2.59. The van der Waals surface area contributed by atoms with E-state index >= 15 is 0 Å². The summed E-state index contributed by atoms with van der Waals surface area (Å²) in [5.74, 6) is 0. The molecule has 1 saturated heterocycles. The van der Waals surface area contributed by atoms with Gasteiger partial charge in [0.2, 0.25) is 0 Å². The third-order valence-corrected chi connectivity index (χ3v) is 4.74. The van der Waals surface area contributed by atoms with Crippen LogP contribution in [0, 0.1) is 0 Å². The van der Waals surface area contributed by atoms with E-state index in [2.05, 4.69) is 4.90 Å². The summed E-state index contributed by atoms with van der Waals surface area (Å²) in [6.45, 7) is 3.69. The molecule has 1 aliphatic rings. The minimum atomic E-state index is -0.262. The number of halogens is 2. The molecule has 2 atom stereocenters. The molecule has 0 aromatic heterocycles. The van der Waals surface area contributed by atoms with Crippen molar-refractivity contribution in [1.82, 2.24) is 4.90 Å². The predicted octanol–water partition coefficient (Wildman–Crippen LogP) is 4.51. The van der Waals surface area contributed by atoms with Crippen molar-refractivity contribution in [3.8, 4) is 0 Å². The second kappa shape index (κ2) is 7.65. The summed E-state index contributed by atoms with van der Waals surface area (Å²) in [5, 5.41) is 11.2. The number of hydrogen-bond acceptors (Lipinski definition) is 2. The maximum atomic E-state index is 9.71. The van der Waals surface area contributed by atoms with Gasteiger partial charge in [-0.25, -0.2) is 0 Å². The second-order valence-corrected chi connectivity index (χ2v) is 6.57. The molecule has 0 radical (unpaired) electrons. The van der Waals surface area contributed by atoms with E-state index in [1.54, 1.807) is 0 Å². The Morgan fingerprint density at radius 3 is 2.60 bits per heavy atom. The molecule has 112 valence electrons. The third kappa shape index (κ3) is 4.36. The van der Waals surface area contributed by atoms with Gasteiger partial charge in [-0.3, -0.25) is 4.90 Å². The zero-order valence-corrected chi connectivity index (χ0v) is 13.5. The fraction of sp³-hybridized carbons (Fsp3) is 0.625. The summed E-state index contributed by atoms with van der Waals surface area (Å²) in [5.41, 5.74) is 1.01. The Labute approximate surface area is 131 Å². The summed E-state index contributed by atoms with van der Waals surface area (Å²) in [7, 11) is 0. The smallest absolute Gasteiger partial charge is 0.0527 e. The molecule has 0 saturated carbocycles. The number of likely N-dealkylation sites (tertiary alicyclic amines) is 1. The molecule has 2 nitrogen and oxygen atoms in total. The topological polar surface area (TPSA) is 23.5 Å². The highest BCUT2D eigenvalue weighted by molar-refractivity contribution is 6.35. The number of hydrogen-bond donors (Lipinski definition) is 1. The Bertz CT molecular complexity index is 416. The van der Waals surface area contributed by atoms with Crippen LogP contribution in [0.3, 0.4) is 0 Å². The van der Waals surface area contributed by atoms with Gasteiger partial charge in [-0.05, 0) is 44.9 Å². The quantitative estimate of drug-likeness (QED) is 0.883. The minimum Gasteiger partial charge on any atom is -0.393 e. The predicted molar refractivity (Wildman–Crippen MR) is 85.4 cm³/mol. The number of benzene rings is 1. The normalized spacial score (nSPS) is 22.5. The van der Waals surface area contributed by atoms with Gasteiger partial charge >= 0.3 is 0 Å². The molecule has 1 aliphatic heterocycles. The highest BCUT2D eigenvalue weighted by Crippen LogP contribution is 2.29. The first-order chi connectivity index (χ1) is 9.58. The van der Waals surface area contributed by atoms with Gasteiger partial charge in [0.1, 0.15) is 0 Å². The molecule has 20 heavy (non-hydrogen) atoms. The molecule has 1 aromatic rings. The highest BCUT2D eigenvalue weighted by Gasteiger charge is 2.23. The van der Waals surface area contributed by atoms with E-state index in [4.69, 9.17) is 23.2 Å². The van der Waals surface area contributed by atoms with E-state index in [9.17, 15) is 5.11 Å². The molecule has 0 amide bonds. The van der Waals surface area contributed by atoms with Crippen LogP contribution in [0.25, 0.3) is 0 Å². The van der Waals surface area contributed by atoms with Gasteiger partial charge in [-0.1, -0.05) is 42.1 Å². The largest absolute Gasteiger partial charge is 0.393 e. The summed E-state index contributed by atoms with van der Waals surface area (Å²) in [4.78, 5) is 2.44. The van der Waals surface area contributed by atoms with Gasteiger partial charge in [0, 0.05) is 28.2 Å². The van der Waals surface area contributed by atoms with E-state index in [1.165, 1.54) is 19.3 Å². The van der Waals surface area contributed by atoms with E-state index in [0.717, 1.165) is 41.5 Å². The van der Waals surface area contributed by atoms with Crippen LogP contribution in [-0.2, 0) is 6.54 Å². The molecule has 2 unspecified atom stereocenters. The van der Waals surface area contributed by atoms with Crippen LogP contribution >= 0.6 is 23.2 Å². The molecule has 1 heterocycles. The lowest BCUT2D eigenvalue weighted by atomic mass is 10.0. The van der Waals surface area contributed by atoms with Crippen LogP contribution in [0.15, 0.2) is 18.2 Å². The maximum Gasteiger partial charge on any atom is 0.0527 e. The van der Waals surface area contributed by atoms with Crippen LogP contribution in [0.1, 0.15) is 44.6 Å². The van der Waals surface area contributed by atoms with Crippen LogP contribution in [0.4, 0.5) is 0 Å². The van der Waals surface area contributed by atoms with Gasteiger partial charge in [0.05, 0.1) is 6.10 Å². The van der Waals surface area contributed by atoms with Crippen molar-refractivity contribution in [3.63, 3.8) is 0 Å². The van der Waals surface area contributed by atoms with Crippen molar-refractivity contribution in [3.05, 3.63) is 33.8 Å². The molecule has 4 heteroatoms. The Hall–Kier alpha value is -0.280. The van der Waals surface area contributed by atoms with Crippen LogP contribution < -0.4 is 0 Å². The van der Waals surface area contributed by atoms with E-state index in [0.29, 0.717) is 6.04 Å². The van der Waals surface area contributed by atoms with Gasteiger partial charge in [-0.15, -0.1) is 0 Å². The summed E-state index contributed by atoms with van der Waals surface area (Å²) < 4.78 is 0. The monoisotopic (exact) mass is 315 g/mol. The molecule has 2 rings (SSSR count). The zero-order valence-electron chi connectivity index (χ0n) is 12.0. The van der Waals surface area contributed by atoms with Crippen LogP contribution in [0.2, 0.25) is 10.0 Å². The van der Waals surface area contributed by atoms with Crippen LogP contribution in [0.5, 0.6) is 0 Å². The van der Waals surface area contributed by atoms with Crippen molar-refractivity contribution >= 4 is 23.2 Å². The molecule has 0 spiro atoms. The Morgan fingerprint density at radius 1 is 1.25 bits per heavy atom. The van der Waals surface area contributed by atoms with Gasteiger partial charge in [-0.2, -0.15) is 0 Å². The van der Waals surface area contributed by atoms with E-state index < -0.39 is 0 Å². The molecule has 1 aromatic carbocycles. The number of aliphatic hydroxyl groups excluding tert-OH is 1. The fourth-order valence-electron chi connectivity index (χ4n) is 2.99. The lowest BCUT2D eigenvalue weighted by molar-refractivity contribution is 0.108. The SMILES string of the molecule is CC(O)CC1CCCCCN1Cc1c(Cl)cccc1Cl. The van der Waals surface area contributed by atoms with Crippen molar-refractivity contribution in [2.24, 2.45) is 0 Å². The number of nitrogens with zero attached hydrogens (tertiary/aromatic N) is 1. The highest BCUT2D eigenvalue weighted by atomic mass is 35.5. The Morgan fingerprint density at radius 2 is 1.95 bits per heavy atom. The average molecular weight is 316 g/mol. The summed E-state index contributed by atoms with van der Waals surface area (Å²) in [6.07, 6.45) is 5.42. The molecular weight excluding hydrogens is 293 g/mol. The summed E-state index contributed by atoms with van der Waals surface area (Å²) in [6, 6.07) is 6.09. The van der Waals surface area contributed by atoms with Crippen molar-refractivity contribution in [2.45, 2.75) is 57.7 Å². The summed E-state index contributed by atoms with van der Waals surface area (Å²) >= 11 is 12.6. The minimum absolute atomic E-state index is 0.262. The third-order valence-electron chi connectivity index (χ3n) is 4.04. The molecule has 1 fully saturated rings. The lowest BCUT2D eigenvalue weighted by Gasteiger charge is -2.31. The first-order valence-electron chi connectivity index (χ1n) is 7.43. The number of rotatable bonds is 4.